The Hall–Kier alpha value is -6.19. The van der Waals surface area contributed by atoms with Crippen molar-refractivity contribution in [2.24, 2.45) is 28.7 Å². The van der Waals surface area contributed by atoms with Crippen LogP contribution in [0.15, 0.2) is 17.1 Å². The lowest BCUT2D eigenvalue weighted by Crippen LogP contribution is -2.65. The Kier molecular flexibility index (Phi) is 27.9. The highest BCUT2D eigenvalue weighted by atomic mass is 32.2. The van der Waals surface area contributed by atoms with Gasteiger partial charge in [0.05, 0.1) is 24.0 Å². The quantitative estimate of drug-likeness (QED) is 0.138. The van der Waals surface area contributed by atoms with E-state index in [9.17, 15) is 33.9 Å². The molecule has 2 saturated heterocycles. The Labute approximate surface area is 532 Å². The first-order valence-electron chi connectivity index (χ1n) is 31.0. The van der Waals surface area contributed by atoms with Crippen LogP contribution in [-0.2, 0) is 52.7 Å². The highest BCUT2D eigenvalue weighted by molar-refractivity contribution is 8.00. The number of nitrogens with one attached hydrogen (secondary N) is 4. The Morgan fingerprint density at radius 2 is 1.33 bits per heavy atom. The third-order valence-corrected chi connectivity index (χ3v) is 18.2. The number of imide groups is 1. The van der Waals surface area contributed by atoms with Crippen LogP contribution in [0.5, 0.6) is 0 Å². The molecule has 2 fully saturated rings. The maximum Gasteiger partial charge on any atom is 0.326 e. The van der Waals surface area contributed by atoms with E-state index in [-0.39, 0.29) is 37.5 Å². The van der Waals surface area contributed by atoms with Crippen LogP contribution in [0.2, 0.25) is 0 Å². The molecular formula is C62H107N13O13S. The SMILES string of the molecule is C/C=C/C[C@@H](C)[C@H]1OC(C)[C@H]2C(=O)N(C)[C@@H]1C(=O)N[C@@H](CCC)C(=O)N(C)[C@@H](SCCN(C)C)C(=O)N(C)[C@@H](CC(C)(C)O)C(=O)N[C@H](C(C)C)C(=O)N(C)[C@@](C)(CC(C)C)C(=O)N[C@H](C)C(=O)N[C@]1(C=N1)C(=O)N(C)C(=O)N(C)[C@@H](CC(C)C)C(=O)N2C. The van der Waals surface area contributed by atoms with Crippen LogP contribution >= 0.6 is 11.8 Å². The fraction of sp³-hybridized carbons (Fsp3) is 0.774. The number of urea groups is 1. The minimum absolute atomic E-state index is 0.0615. The predicted octanol–water partition coefficient (Wildman–Crippen LogP) is 2.13. The van der Waals surface area contributed by atoms with Crippen molar-refractivity contribution in [3.8, 4) is 0 Å². The number of hydrogen-bond acceptors (Lipinski definition) is 16. The number of allylic oxidation sites excluding steroid dienone is 2. The lowest BCUT2D eigenvalue weighted by Gasteiger charge is -2.42. The molecule has 3 rings (SSSR count). The smallest absolute Gasteiger partial charge is 0.326 e. The van der Waals surface area contributed by atoms with Gasteiger partial charge in [0.15, 0.2) is 5.37 Å². The van der Waals surface area contributed by atoms with Crippen LogP contribution in [0.3, 0.4) is 0 Å². The Bertz CT molecular complexity index is 2620. The van der Waals surface area contributed by atoms with Gasteiger partial charge >= 0.3 is 6.03 Å². The molecule has 0 aromatic carbocycles. The zero-order valence-electron chi connectivity index (χ0n) is 57.3. The number of aliphatic imine (C=N–C) groups is 1. The topological polar surface area (TPSA) is 304 Å². The molecule has 26 nitrogen and oxygen atoms in total. The molecule has 1 unspecified atom stereocenters. The second-order valence-electron chi connectivity index (χ2n) is 26.8. The molecule has 3 aliphatic rings. The molecule has 0 aromatic rings. The summed E-state index contributed by atoms with van der Waals surface area (Å²) in [5, 5.41) is 21.0. The summed E-state index contributed by atoms with van der Waals surface area (Å²) < 4.78 is 6.77. The number of carbonyl (C=O) groups is 11. The summed E-state index contributed by atoms with van der Waals surface area (Å²) in [5.74, 6) is -8.88. The third-order valence-electron chi connectivity index (χ3n) is 16.9. The molecule has 1 spiro atoms. The zero-order valence-corrected chi connectivity index (χ0v) is 58.1. The summed E-state index contributed by atoms with van der Waals surface area (Å²) in [4.78, 5) is 177. The first kappa shape index (κ1) is 77.1. The van der Waals surface area contributed by atoms with Crippen molar-refractivity contribution < 1.29 is 62.6 Å². The molecule has 3 heterocycles. The van der Waals surface area contributed by atoms with Gasteiger partial charge in [-0.2, -0.15) is 0 Å². The second kappa shape index (κ2) is 32.2. The summed E-state index contributed by atoms with van der Waals surface area (Å²) in [6.07, 6.45) is 3.42. The van der Waals surface area contributed by atoms with E-state index in [1.54, 1.807) is 20.8 Å². The minimum Gasteiger partial charge on any atom is -0.390 e. The maximum atomic E-state index is 15.3. The first-order chi connectivity index (χ1) is 41.1. The number of nitrogens with zero attached hydrogens (tertiary/aromatic N) is 9. The van der Waals surface area contributed by atoms with E-state index in [4.69, 9.17) is 4.74 Å². The molecule has 5 N–H and O–H groups in total. The molecule has 0 aliphatic carbocycles. The normalized spacial score (nSPS) is 30.1. The molecule has 3 aliphatic heterocycles. The molecule has 13 atom stereocenters. The first-order valence-corrected chi connectivity index (χ1v) is 32.1. The standard InChI is InChI=1S/C62H107N13O13S/c1-24-26-28-38(9)47-46-50(78)65-41(27-25-2)51(79)73(21)56(89-30-29-68(15)16)55(83)69(17)43(33-60(12,13)87)49(77)66-44(37(7)8)53(81)75(23)61(14,32-36(5)6)57(84)64-39(10)48(76)67-62(34-63-62)58(85)74(22)59(86)70(18)42(31-35(3)4)52(80)71(19)45(40(11)88-47)54(82)72(46)20/h24,26,34-47,56,87H,25,27-33H2,1-23H3,(H,64,84)(H,65,78)(H,66,77)(H,67,76)/b26-24+/t38-,39-,40?,41+,42+,43+,44-,45+,46+,47-,56+,61+,62-/m1/s1. The molecule has 504 valence electrons. The molecule has 0 saturated carbocycles. The van der Waals surface area contributed by atoms with E-state index in [0.717, 1.165) is 34.8 Å². The van der Waals surface area contributed by atoms with Crippen molar-refractivity contribution in [3.63, 3.8) is 0 Å². The highest BCUT2D eigenvalue weighted by Gasteiger charge is 2.54. The third kappa shape index (κ3) is 19.2. The van der Waals surface area contributed by atoms with Crippen molar-refractivity contribution >= 4 is 83.1 Å². The fourth-order valence-electron chi connectivity index (χ4n) is 11.3. The van der Waals surface area contributed by atoms with Gasteiger partial charge in [-0.3, -0.25) is 52.8 Å². The summed E-state index contributed by atoms with van der Waals surface area (Å²) in [6.45, 7) is 24.1. The van der Waals surface area contributed by atoms with E-state index in [1.807, 2.05) is 79.6 Å². The van der Waals surface area contributed by atoms with Gasteiger partial charge in [0.1, 0.15) is 47.8 Å². The number of thioether (sulfide) groups is 1. The van der Waals surface area contributed by atoms with Crippen LogP contribution in [0.4, 0.5) is 4.79 Å². The number of carbonyl (C=O) groups excluding carboxylic acids is 11. The number of fused-ring (bicyclic) bond motifs is 3. The van der Waals surface area contributed by atoms with Crippen LogP contribution in [0.25, 0.3) is 0 Å². The summed E-state index contributed by atoms with van der Waals surface area (Å²) in [5.41, 5.74) is -5.31. The molecule has 0 aromatic heterocycles. The van der Waals surface area contributed by atoms with Crippen molar-refractivity contribution in [2.45, 2.75) is 212 Å². The van der Waals surface area contributed by atoms with Crippen LogP contribution in [0.1, 0.15) is 135 Å². The van der Waals surface area contributed by atoms with Crippen LogP contribution in [0, 0.1) is 23.7 Å². The average Bonchev–Trinajstić information content (AvgIpc) is 1.85. The van der Waals surface area contributed by atoms with Crippen molar-refractivity contribution in [1.82, 2.24) is 60.5 Å². The van der Waals surface area contributed by atoms with Gasteiger partial charge in [0.25, 0.3) is 11.8 Å². The van der Waals surface area contributed by atoms with Crippen molar-refractivity contribution in [3.05, 3.63) is 12.2 Å². The van der Waals surface area contributed by atoms with Crippen molar-refractivity contribution in [1.29, 1.82) is 0 Å². The van der Waals surface area contributed by atoms with Gasteiger partial charge in [-0.1, -0.05) is 74.0 Å². The highest BCUT2D eigenvalue weighted by Crippen LogP contribution is 2.32. The predicted molar refractivity (Wildman–Crippen MR) is 341 cm³/mol. The second-order valence-corrected chi connectivity index (χ2v) is 28.0. The molecule has 27 heteroatoms. The van der Waals surface area contributed by atoms with Gasteiger partial charge in [-0.15, -0.1) is 11.8 Å². The van der Waals surface area contributed by atoms with E-state index in [0.29, 0.717) is 30.0 Å². The molecule has 2 bridgehead atoms. The van der Waals surface area contributed by atoms with Crippen LogP contribution in [-0.4, -0.2) is 268 Å². The number of hydrogen-bond donors (Lipinski definition) is 5. The van der Waals surface area contributed by atoms with Gasteiger partial charge in [-0.25, -0.2) is 9.79 Å². The number of ether oxygens (including phenoxy) is 1. The number of likely N-dealkylation sites (N-methyl/N-ethyl adjacent to an activating group) is 7. The fourth-order valence-corrected chi connectivity index (χ4v) is 12.7. The number of amides is 12. The largest absolute Gasteiger partial charge is 0.390 e. The Morgan fingerprint density at radius 1 is 0.742 bits per heavy atom. The van der Waals surface area contributed by atoms with E-state index >= 15 is 24.0 Å². The number of aliphatic hydroxyl groups is 1. The zero-order chi connectivity index (χ0) is 68.3. The molecule has 0 radical (unpaired) electrons. The monoisotopic (exact) mass is 1270 g/mol. The van der Waals surface area contributed by atoms with E-state index in [2.05, 4.69) is 26.3 Å². The lowest BCUT2D eigenvalue weighted by molar-refractivity contribution is -0.151. The summed E-state index contributed by atoms with van der Waals surface area (Å²) in [7, 11) is 13.2. The van der Waals surface area contributed by atoms with E-state index in [1.165, 1.54) is 89.6 Å². The van der Waals surface area contributed by atoms with E-state index < -0.39 is 154 Å². The van der Waals surface area contributed by atoms with Crippen LogP contribution < -0.4 is 21.3 Å². The van der Waals surface area contributed by atoms with Gasteiger partial charge in [0.2, 0.25) is 52.9 Å². The molecule has 12 amide bonds. The number of rotatable bonds is 16. The Morgan fingerprint density at radius 3 is 1.83 bits per heavy atom. The summed E-state index contributed by atoms with van der Waals surface area (Å²) in [6, 6.07) is -10.4. The summed E-state index contributed by atoms with van der Waals surface area (Å²) >= 11 is 1.12. The van der Waals surface area contributed by atoms with Gasteiger partial charge in [-0.05, 0) is 105 Å². The van der Waals surface area contributed by atoms with Crippen molar-refractivity contribution in [2.75, 3.05) is 75.7 Å². The lowest BCUT2D eigenvalue weighted by atomic mass is 9.86. The average molecular weight is 1270 g/mol. The van der Waals surface area contributed by atoms with Gasteiger partial charge in [0, 0.05) is 68.1 Å². The molecular weight excluding hydrogens is 1170 g/mol. The minimum atomic E-state index is -2.05. The Balaban J connectivity index is 2.40. The molecule has 89 heavy (non-hydrogen) atoms. The van der Waals surface area contributed by atoms with Gasteiger partial charge < -0.3 is 65.4 Å². The maximum absolute atomic E-state index is 15.3.